The van der Waals surface area contributed by atoms with E-state index in [-0.39, 0.29) is 19.0 Å². The van der Waals surface area contributed by atoms with Gasteiger partial charge in [-0.2, -0.15) is 13.2 Å². The quantitative estimate of drug-likeness (QED) is 0.239. The van der Waals surface area contributed by atoms with Gasteiger partial charge in [-0.05, 0) is 48.2 Å². The van der Waals surface area contributed by atoms with E-state index in [1.807, 2.05) is 18.2 Å². The Morgan fingerprint density at radius 1 is 0.933 bits per heavy atom. The molecule has 1 atom stereocenters. The van der Waals surface area contributed by atoms with Crippen LogP contribution in [0.25, 0.3) is 0 Å². The zero-order valence-electron chi connectivity index (χ0n) is 24.6. The Hall–Kier alpha value is -3.28. The molecular weight excluding hydrogens is 650 g/mol. The number of hydrogen-bond acceptors (Lipinski definition) is 4. The second-order valence-corrected chi connectivity index (χ2v) is 13.8. The number of nitrogens with one attached hydrogen (secondary N) is 1. The number of anilines is 1. The Morgan fingerprint density at radius 3 is 2.20 bits per heavy atom. The lowest BCUT2D eigenvalue weighted by atomic mass is 9.94. The molecule has 1 N–H and O–H groups in total. The van der Waals surface area contributed by atoms with Gasteiger partial charge in [0, 0.05) is 24.0 Å². The number of benzene rings is 3. The average molecular weight is 685 g/mol. The molecule has 0 aliphatic heterocycles. The minimum Gasteiger partial charge on any atom is -0.352 e. The van der Waals surface area contributed by atoms with Crippen LogP contribution < -0.4 is 9.62 Å². The summed E-state index contributed by atoms with van der Waals surface area (Å²) in [5.74, 6) is -1.22. The Balaban J connectivity index is 1.76. The Labute approximate surface area is 271 Å². The highest BCUT2D eigenvalue weighted by Gasteiger charge is 2.37. The SMILES string of the molecule is CS(=O)(=O)N(CC(=O)N(Cc1ccccc1Cl)C(Cc1ccccc1)C(=O)NC1CCCCC1)c1ccc(Cl)c(C(F)(F)F)c1. The van der Waals surface area contributed by atoms with E-state index in [4.69, 9.17) is 23.2 Å². The van der Waals surface area contributed by atoms with Gasteiger partial charge in [-0.15, -0.1) is 0 Å². The van der Waals surface area contributed by atoms with Crippen molar-refractivity contribution >= 4 is 50.7 Å². The van der Waals surface area contributed by atoms with Gasteiger partial charge in [0.15, 0.2) is 0 Å². The normalized spacial score (nSPS) is 14.9. The number of alkyl halides is 3. The fraction of sp³-hybridized carbons (Fsp3) is 0.375. The van der Waals surface area contributed by atoms with Gasteiger partial charge >= 0.3 is 6.18 Å². The van der Waals surface area contributed by atoms with Crippen molar-refractivity contribution < 1.29 is 31.2 Å². The Bertz CT molecular complexity index is 1600. The summed E-state index contributed by atoms with van der Waals surface area (Å²) in [6.45, 7) is -1.02. The minimum atomic E-state index is -4.87. The van der Waals surface area contributed by atoms with Crippen LogP contribution in [0.1, 0.15) is 48.8 Å². The summed E-state index contributed by atoms with van der Waals surface area (Å²) in [5.41, 5.74) is -0.380. The maximum atomic E-state index is 14.2. The summed E-state index contributed by atoms with van der Waals surface area (Å²) in [7, 11) is -4.28. The summed E-state index contributed by atoms with van der Waals surface area (Å²) in [5, 5.41) is 2.79. The van der Waals surface area contributed by atoms with Gasteiger partial charge in [0.2, 0.25) is 21.8 Å². The van der Waals surface area contributed by atoms with E-state index < -0.39 is 56.9 Å². The molecule has 1 aliphatic carbocycles. The van der Waals surface area contributed by atoms with E-state index >= 15 is 0 Å². The van der Waals surface area contributed by atoms with Gasteiger partial charge in [-0.3, -0.25) is 13.9 Å². The fourth-order valence-corrected chi connectivity index (χ4v) is 6.67. The molecule has 0 bridgehead atoms. The molecule has 3 aromatic rings. The molecule has 1 unspecified atom stereocenters. The number of hydrogen-bond donors (Lipinski definition) is 1. The lowest BCUT2D eigenvalue weighted by Crippen LogP contribution is -2.55. The molecular formula is C32H34Cl2F3N3O4S. The molecule has 3 aromatic carbocycles. The predicted molar refractivity (Wildman–Crippen MR) is 170 cm³/mol. The summed E-state index contributed by atoms with van der Waals surface area (Å²) in [4.78, 5) is 29.4. The topological polar surface area (TPSA) is 86.8 Å². The molecule has 0 radical (unpaired) electrons. The third-order valence-corrected chi connectivity index (χ3v) is 9.58. The van der Waals surface area contributed by atoms with Crippen LogP contribution in [-0.2, 0) is 38.8 Å². The van der Waals surface area contributed by atoms with Crippen LogP contribution in [0.4, 0.5) is 18.9 Å². The summed E-state index contributed by atoms with van der Waals surface area (Å²) < 4.78 is 67.5. The van der Waals surface area contributed by atoms with Crippen LogP contribution in [0.15, 0.2) is 72.8 Å². The minimum absolute atomic E-state index is 0.0795. The molecule has 1 fully saturated rings. The molecule has 242 valence electrons. The van der Waals surface area contributed by atoms with Crippen molar-refractivity contribution in [3.8, 4) is 0 Å². The third kappa shape index (κ3) is 9.37. The third-order valence-electron chi connectivity index (χ3n) is 7.74. The van der Waals surface area contributed by atoms with Crippen LogP contribution in [-0.4, -0.2) is 50.0 Å². The Kier molecular flexibility index (Phi) is 11.4. The van der Waals surface area contributed by atoms with Gasteiger partial charge in [-0.25, -0.2) is 8.42 Å². The highest BCUT2D eigenvalue weighted by molar-refractivity contribution is 7.92. The first-order valence-electron chi connectivity index (χ1n) is 14.5. The number of carbonyl (C=O) groups is 2. The highest BCUT2D eigenvalue weighted by Crippen LogP contribution is 2.37. The summed E-state index contributed by atoms with van der Waals surface area (Å²) in [6.07, 6.45) is 0.602. The van der Waals surface area contributed by atoms with Crippen molar-refractivity contribution in [2.75, 3.05) is 17.1 Å². The van der Waals surface area contributed by atoms with E-state index in [0.717, 1.165) is 56.1 Å². The van der Waals surface area contributed by atoms with E-state index in [2.05, 4.69) is 5.32 Å². The van der Waals surface area contributed by atoms with E-state index in [1.165, 1.54) is 4.90 Å². The molecule has 2 amide bonds. The largest absolute Gasteiger partial charge is 0.417 e. The number of halogens is 5. The van der Waals surface area contributed by atoms with Crippen molar-refractivity contribution in [1.29, 1.82) is 0 Å². The molecule has 0 heterocycles. The predicted octanol–water partition coefficient (Wildman–Crippen LogP) is 6.87. The van der Waals surface area contributed by atoms with Gasteiger partial charge in [0.25, 0.3) is 0 Å². The van der Waals surface area contributed by atoms with Gasteiger partial charge in [0.05, 0.1) is 22.5 Å². The maximum absolute atomic E-state index is 14.2. The molecule has 0 aromatic heterocycles. The van der Waals surface area contributed by atoms with Gasteiger partial charge in [0.1, 0.15) is 12.6 Å². The molecule has 45 heavy (non-hydrogen) atoms. The van der Waals surface area contributed by atoms with Crippen molar-refractivity contribution in [2.24, 2.45) is 0 Å². The number of carbonyl (C=O) groups excluding carboxylic acids is 2. The molecule has 1 aliphatic rings. The van der Waals surface area contributed by atoms with Crippen LogP contribution in [0.3, 0.4) is 0 Å². The van der Waals surface area contributed by atoms with E-state index in [0.29, 0.717) is 21.0 Å². The molecule has 13 heteroatoms. The van der Waals surface area contributed by atoms with E-state index in [9.17, 15) is 31.2 Å². The molecule has 0 saturated heterocycles. The number of amides is 2. The van der Waals surface area contributed by atoms with E-state index in [1.54, 1.807) is 36.4 Å². The first-order chi connectivity index (χ1) is 21.2. The molecule has 0 spiro atoms. The van der Waals surface area contributed by atoms with Crippen LogP contribution >= 0.6 is 23.2 Å². The van der Waals surface area contributed by atoms with Crippen molar-refractivity contribution in [3.05, 3.63) is 99.5 Å². The smallest absolute Gasteiger partial charge is 0.352 e. The Morgan fingerprint density at radius 2 is 1.58 bits per heavy atom. The molecule has 4 rings (SSSR count). The first-order valence-corrected chi connectivity index (χ1v) is 17.1. The number of nitrogens with zero attached hydrogens (tertiary/aromatic N) is 2. The molecule has 1 saturated carbocycles. The fourth-order valence-electron chi connectivity index (χ4n) is 5.41. The molecule has 7 nitrogen and oxygen atoms in total. The van der Waals surface area contributed by atoms with Crippen molar-refractivity contribution in [1.82, 2.24) is 10.2 Å². The van der Waals surface area contributed by atoms with Gasteiger partial charge in [-0.1, -0.05) is 91.0 Å². The summed E-state index contributed by atoms with van der Waals surface area (Å²) >= 11 is 12.2. The first kappa shape index (κ1) is 34.6. The average Bonchev–Trinajstić information content (AvgIpc) is 2.98. The second-order valence-electron chi connectivity index (χ2n) is 11.1. The summed E-state index contributed by atoms with van der Waals surface area (Å²) in [6, 6.07) is 17.2. The second kappa shape index (κ2) is 14.9. The van der Waals surface area contributed by atoms with Crippen molar-refractivity contribution in [3.63, 3.8) is 0 Å². The highest BCUT2D eigenvalue weighted by atomic mass is 35.5. The number of sulfonamides is 1. The standard InChI is InChI=1S/C32H34Cl2F3N3O4S/c1-45(43,44)40(25-16-17-28(34)26(19-25)32(35,36)37)21-30(41)39(20-23-12-8-9-15-27(23)33)29(18-22-10-4-2-5-11-22)31(42)38-24-13-6-3-7-14-24/h2,4-5,8-12,15-17,19,24,29H,3,6-7,13-14,18,20-21H2,1H3,(H,38,42). The van der Waals surface area contributed by atoms with Crippen molar-refractivity contribution in [2.45, 2.75) is 63.3 Å². The zero-order valence-corrected chi connectivity index (χ0v) is 26.9. The van der Waals surface area contributed by atoms with Gasteiger partial charge < -0.3 is 10.2 Å². The van der Waals surface area contributed by atoms with Crippen LogP contribution in [0.2, 0.25) is 10.0 Å². The lowest BCUT2D eigenvalue weighted by Gasteiger charge is -2.35. The maximum Gasteiger partial charge on any atom is 0.417 e. The monoisotopic (exact) mass is 683 g/mol. The number of rotatable bonds is 11. The lowest BCUT2D eigenvalue weighted by molar-refractivity contribution is -0.140. The zero-order chi connectivity index (χ0) is 32.8. The van der Waals surface area contributed by atoms with Crippen LogP contribution in [0, 0.1) is 0 Å². The van der Waals surface area contributed by atoms with Crippen LogP contribution in [0.5, 0.6) is 0 Å².